The molecule has 2 aliphatic rings. The number of aliphatic hydroxyl groups is 3. The van der Waals surface area contributed by atoms with Crippen LogP contribution in [0, 0.1) is 5.92 Å². The van der Waals surface area contributed by atoms with Gasteiger partial charge in [-0.15, -0.1) is 0 Å². The molecule has 0 amide bonds. The second-order valence-electron chi connectivity index (χ2n) is 7.89. The largest absolute Gasteiger partial charge is 0.454 e. The Morgan fingerprint density at radius 1 is 1.28 bits per heavy atom. The van der Waals surface area contributed by atoms with Crippen molar-refractivity contribution in [3.05, 3.63) is 36.0 Å². The van der Waals surface area contributed by atoms with Gasteiger partial charge in [0.15, 0.2) is 0 Å². The molecule has 0 unspecified atom stereocenters. The number of carbonyl (C=O) groups excluding carboxylic acids is 1. The van der Waals surface area contributed by atoms with Crippen LogP contribution in [0.3, 0.4) is 0 Å². The van der Waals surface area contributed by atoms with Gasteiger partial charge in [0.05, 0.1) is 17.3 Å². The topological polar surface area (TPSA) is 87.0 Å². The third-order valence-corrected chi connectivity index (χ3v) is 5.29. The molecule has 0 saturated heterocycles. The van der Waals surface area contributed by atoms with E-state index in [-0.39, 0.29) is 11.9 Å². The fraction of sp³-hybridized carbons (Fsp3) is 0.650. The number of carbonyl (C=O) groups is 1. The summed E-state index contributed by atoms with van der Waals surface area (Å²) in [6.45, 7) is 9.35. The van der Waals surface area contributed by atoms with Crippen LogP contribution in [0.25, 0.3) is 0 Å². The van der Waals surface area contributed by atoms with Gasteiger partial charge in [0.2, 0.25) is 0 Å². The highest BCUT2D eigenvalue weighted by atomic mass is 16.5. The summed E-state index contributed by atoms with van der Waals surface area (Å²) in [5.74, 6) is -0.448. The first-order valence-electron chi connectivity index (χ1n) is 8.95. The van der Waals surface area contributed by atoms with E-state index in [4.69, 9.17) is 4.74 Å². The van der Waals surface area contributed by atoms with E-state index >= 15 is 0 Å². The zero-order valence-electron chi connectivity index (χ0n) is 15.4. The lowest BCUT2D eigenvalue weighted by atomic mass is 9.82. The van der Waals surface area contributed by atoms with Crippen molar-refractivity contribution in [2.45, 2.75) is 76.3 Å². The molecule has 3 N–H and O–H groups in total. The summed E-state index contributed by atoms with van der Waals surface area (Å²) in [5.41, 5.74) is -1.14. The van der Waals surface area contributed by atoms with E-state index in [0.29, 0.717) is 43.3 Å². The van der Waals surface area contributed by atoms with Crippen LogP contribution in [0.15, 0.2) is 36.0 Å². The molecule has 0 aromatic heterocycles. The van der Waals surface area contributed by atoms with Gasteiger partial charge in [-0.05, 0) is 50.2 Å². The van der Waals surface area contributed by atoms with E-state index in [1.807, 2.05) is 13.8 Å². The summed E-state index contributed by atoms with van der Waals surface area (Å²) in [6.07, 6.45) is 5.60. The summed E-state index contributed by atoms with van der Waals surface area (Å²) in [6, 6.07) is 0. The molecular formula is C20H30O5. The van der Waals surface area contributed by atoms with Crippen LogP contribution in [0.5, 0.6) is 0 Å². The smallest absolute Gasteiger partial charge is 0.334 e. The minimum absolute atomic E-state index is 0.0772. The van der Waals surface area contributed by atoms with Crippen molar-refractivity contribution >= 4 is 5.97 Å². The first-order valence-corrected chi connectivity index (χ1v) is 8.95. The molecule has 1 aliphatic heterocycles. The zero-order valence-corrected chi connectivity index (χ0v) is 15.4. The summed E-state index contributed by atoms with van der Waals surface area (Å²) >= 11 is 0. The van der Waals surface area contributed by atoms with Gasteiger partial charge in [-0.2, -0.15) is 0 Å². The lowest BCUT2D eigenvalue weighted by molar-refractivity contribution is -0.139. The van der Waals surface area contributed by atoms with Crippen LogP contribution < -0.4 is 0 Å². The highest BCUT2D eigenvalue weighted by molar-refractivity contribution is 5.90. The van der Waals surface area contributed by atoms with Crippen molar-refractivity contribution in [2.24, 2.45) is 5.92 Å². The van der Waals surface area contributed by atoms with Crippen molar-refractivity contribution in [3.8, 4) is 0 Å². The minimum Gasteiger partial charge on any atom is -0.454 e. The number of rotatable bonds is 1. The Bertz CT molecular complexity index is 587. The molecule has 5 nitrogen and oxygen atoms in total. The average Bonchev–Trinajstić information content (AvgIpc) is 2.87. The normalized spacial score (nSPS) is 38.9. The number of esters is 1. The van der Waals surface area contributed by atoms with Crippen LogP contribution >= 0.6 is 0 Å². The average molecular weight is 350 g/mol. The molecule has 5 heteroatoms. The van der Waals surface area contributed by atoms with Crippen LogP contribution in [0.4, 0.5) is 0 Å². The number of hydrogen-bond donors (Lipinski definition) is 3. The maximum absolute atomic E-state index is 12.0. The van der Waals surface area contributed by atoms with Gasteiger partial charge in [0.1, 0.15) is 6.10 Å². The zero-order chi connectivity index (χ0) is 18.8. The monoisotopic (exact) mass is 350 g/mol. The highest BCUT2D eigenvalue weighted by Gasteiger charge is 2.33. The molecule has 0 saturated carbocycles. The van der Waals surface area contributed by atoms with E-state index in [1.54, 1.807) is 25.2 Å². The first-order chi connectivity index (χ1) is 11.5. The third-order valence-electron chi connectivity index (χ3n) is 5.29. The van der Waals surface area contributed by atoms with Gasteiger partial charge in [0.25, 0.3) is 0 Å². The van der Waals surface area contributed by atoms with E-state index in [2.05, 4.69) is 6.58 Å². The molecule has 0 aromatic carbocycles. The predicted octanol–water partition coefficient (Wildman–Crippen LogP) is 2.41. The van der Waals surface area contributed by atoms with E-state index in [9.17, 15) is 20.1 Å². The van der Waals surface area contributed by atoms with Crippen molar-refractivity contribution in [1.29, 1.82) is 0 Å². The molecule has 1 aliphatic carbocycles. The standard InChI is InChI=1S/C20H30O5/c1-13(2)20(24)8-5-15-12-16(25-18(15)22)11-14(3)17(21)6-7-19(4,23)9-10-20/h9-10,12-13,16-17,21,23-24H,3,5-8,11H2,1-2,4H3/b10-9-/t16-,17+,19+,20-/m1/s1. The fourth-order valence-electron chi connectivity index (χ4n) is 3.16. The Labute approximate surface area is 149 Å². The highest BCUT2D eigenvalue weighted by Crippen LogP contribution is 2.32. The summed E-state index contributed by atoms with van der Waals surface area (Å²) in [7, 11) is 0. The van der Waals surface area contributed by atoms with Gasteiger partial charge in [-0.1, -0.05) is 32.6 Å². The number of fused-ring (bicyclic) bond motifs is 1. The Morgan fingerprint density at radius 2 is 1.96 bits per heavy atom. The molecule has 1 heterocycles. The van der Waals surface area contributed by atoms with E-state index in [0.717, 1.165) is 0 Å². The second kappa shape index (κ2) is 7.44. The van der Waals surface area contributed by atoms with E-state index in [1.165, 1.54) is 0 Å². The molecule has 25 heavy (non-hydrogen) atoms. The lowest BCUT2D eigenvalue weighted by Crippen LogP contribution is -2.34. The van der Waals surface area contributed by atoms with Crippen molar-refractivity contribution in [3.63, 3.8) is 0 Å². The molecule has 0 fully saturated rings. The number of hydrogen-bond acceptors (Lipinski definition) is 5. The minimum atomic E-state index is -1.14. The molecule has 2 rings (SSSR count). The van der Waals surface area contributed by atoms with Crippen LogP contribution in [-0.2, 0) is 9.53 Å². The van der Waals surface area contributed by atoms with E-state index < -0.39 is 23.4 Å². The second-order valence-corrected chi connectivity index (χ2v) is 7.89. The molecule has 4 atom stereocenters. The van der Waals surface area contributed by atoms with Gasteiger partial charge >= 0.3 is 5.97 Å². The fourth-order valence-corrected chi connectivity index (χ4v) is 3.16. The SMILES string of the molecule is C=C1C[C@@H]2C=C(CC[C@](O)(C(C)C)/C=C\[C@@](C)(O)CC[C@@H]1O)C(=O)O2. The summed E-state index contributed by atoms with van der Waals surface area (Å²) < 4.78 is 5.34. The summed E-state index contributed by atoms with van der Waals surface area (Å²) in [5, 5.41) is 31.7. The Kier molecular flexibility index (Phi) is 5.92. The van der Waals surface area contributed by atoms with Crippen molar-refractivity contribution < 1.29 is 24.9 Å². The summed E-state index contributed by atoms with van der Waals surface area (Å²) in [4.78, 5) is 12.0. The quantitative estimate of drug-likeness (QED) is 0.499. The first kappa shape index (κ1) is 19.9. The van der Waals surface area contributed by atoms with Gasteiger partial charge in [-0.3, -0.25) is 0 Å². The van der Waals surface area contributed by atoms with Gasteiger partial charge in [0, 0.05) is 12.0 Å². The Balaban J connectivity index is 2.30. The maximum Gasteiger partial charge on any atom is 0.334 e. The molecule has 140 valence electrons. The molecule has 0 radical (unpaired) electrons. The lowest BCUT2D eigenvalue weighted by Gasteiger charge is -2.31. The van der Waals surface area contributed by atoms with Crippen LogP contribution in [0.1, 0.15) is 52.9 Å². The third kappa shape index (κ3) is 5.03. The maximum atomic E-state index is 12.0. The molecule has 2 bridgehead atoms. The van der Waals surface area contributed by atoms with Crippen LogP contribution in [-0.4, -0.2) is 44.7 Å². The van der Waals surface area contributed by atoms with Crippen LogP contribution in [0.2, 0.25) is 0 Å². The number of ether oxygens (including phenoxy) is 1. The molecule has 0 aromatic rings. The Hall–Kier alpha value is -1.43. The van der Waals surface area contributed by atoms with Crippen molar-refractivity contribution in [1.82, 2.24) is 0 Å². The Morgan fingerprint density at radius 3 is 2.60 bits per heavy atom. The predicted molar refractivity (Wildman–Crippen MR) is 95.7 cm³/mol. The van der Waals surface area contributed by atoms with Gasteiger partial charge < -0.3 is 20.1 Å². The van der Waals surface area contributed by atoms with Crippen molar-refractivity contribution in [2.75, 3.05) is 0 Å². The molecular weight excluding hydrogens is 320 g/mol. The van der Waals surface area contributed by atoms with Gasteiger partial charge in [-0.25, -0.2) is 4.79 Å². The molecule has 0 spiro atoms. The number of aliphatic hydroxyl groups excluding tert-OH is 1.